The fraction of sp³-hybridized carbons (Fsp3) is 0.529. The Bertz CT molecular complexity index is 472. The van der Waals surface area contributed by atoms with Gasteiger partial charge >= 0.3 is 0 Å². The molecule has 0 saturated heterocycles. The molecule has 1 aromatic rings. The Morgan fingerprint density at radius 1 is 1.11 bits per heavy atom. The molecule has 1 aromatic carbocycles. The van der Waals surface area contributed by atoms with Crippen molar-refractivity contribution in [2.75, 3.05) is 0 Å². The molecule has 2 heteroatoms. The van der Waals surface area contributed by atoms with E-state index >= 15 is 0 Å². The SMILES string of the molecule is CC(C)C(=C=N[Si](C)(C)C(C)(C)C)c1ccccc1. The summed E-state index contributed by atoms with van der Waals surface area (Å²) in [5.41, 5.74) is 2.45. The molecular weight excluding hydrogens is 246 g/mol. The maximum Gasteiger partial charge on any atom is 0.193 e. The topological polar surface area (TPSA) is 12.4 Å². The highest BCUT2D eigenvalue weighted by Crippen LogP contribution is 2.36. The Kier molecular flexibility index (Phi) is 4.95. The van der Waals surface area contributed by atoms with Gasteiger partial charge in [-0.1, -0.05) is 65.0 Å². The van der Waals surface area contributed by atoms with Gasteiger partial charge in [-0.2, -0.15) is 0 Å². The fourth-order valence-electron chi connectivity index (χ4n) is 1.51. The number of nitrogens with zero attached hydrogens (tertiary/aromatic N) is 1. The van der Waals surface area contributed by atoms with Gasteiger partial charge in [-0.15, -0.1) is 0 Å². The van der Waals surface area contributed by atoms with Crippen LogP contribution in [0, 0.1) is 5.92 Å². The molecule has 0 atom stereocenters. The van der Waals surface area contributed by atoms with E-state index in [1.807, 2.05) is 6.07 Å². The minimum atomic E-state index is -1.65. The van der Waals surface area contributed by atoms with Gasteiger partial charge in [0.25, 0.3) is 0 Å². The van der Waals surface area contributed by atoms with Crippen molar-refractivity contribution in [1.29, 1.82) is 0 Å². The summed E-state index contributed by atoms with van der Waals surface area (Å²) in [5.74, 6) is 3.83. The lowest BCUT2D eigenvalue weighted by Crippen LogP contribution is -2.34. The van der Waals surface area contributed by atoms with E-state index in [1.165, 1.54) is 11.1 Å². The molecule has 0 aromatic heterocycles. The Hall–Kier alpha value is -1.11. The molecule has 0 bridgehead atoms. The molecule has 19 heavy (non-hydrogen) atoms. The van der Waals surface area contributed by atoms with Crippen molar-refractivity contribution >= 4 is 19.7 Å². The first-order valence-corrected chi connectivity index (χ1v) is 10.00. The van der Waals surface area contributed by atoms with Crippen LogP contribution >= 0.6 is 0 Å². The molecule has 0 aliphatic carbocycles. The van der Waals surface area contributed by atoms with Crippen molar-refractivity contribution in [3.63, 3.8) is 0 Å². The van der Waals surface area contributed by atoms with Gasteiger partial charge in [0.1, 0.15) is 0 Å². The third kappa shape index (κ3) is 4.19. The molecule has 0 heterocycles. The van der Waals surface area contributed by atoms with Crippen molar-refractivity contribution in [3.8, 4) is 0 Å². The zero-order chi connectivity index (χ0) is 14.7. The van der Waals surface area contributed by atoms with E-state index in [1.54, 1.807) is 0 Å². The molecule has 0 fully saturated rings. The van der Waals surface area contributed by atoms with Gasteiger partial charge in [0.05, 0.1) is 0 Å². The summed E-state index contributed by atoms with van der Waals surface area (Å²) in [4.78, 5) is 0. The molecular formula is C17H27NSi. The van der Waals surface area contributed by atoms with Crippen LogP contribution in [0.1, 0.15) is 40.2 Å². The van der Waals surface area contributed by atoms with Crippen LogP contribution in [0.4, 0.5) is 0 Å². The highest BCUT2D eigenvalue weighted by atomic mass is 28.3. The molecule has 104 valence electrons. The molecule has 0 aliphatic rings. The van der Waals surface area contributed by atoms with Crippen molar-refractivity contribution in [1.82, 2.24) is 0 Å². The minimum Gasteiger partial charge on any atom is -0.283 e. The van der Waals surface area contributed by atoms with Gasteiger partial charge in [0.2, 0.25) is 0 Å². The van der Waals surface area contributed by atoms with Gasteiger partial charge in [-0.05, 0) is 35.5 Å². The third-order valence-corrected chi connectivity index (χ3v) is 8.30. The summed E-state index contributed by atoms with van der Waals surface area (Å²) in [7, 11) is -1.65. The van der Waals surface area contributed by atoms with E-state index in [9.17, 15) is 0 Å². The Morgan fingerprint density at radius 3 is 2.05 bits per heavy atom. The summed E-state index contributed by atoms with van der Waals surface area (Å²) in [6.07, 6.45) is 0. The first kappa shape index (κ1) is 15.9. The second-order valence-electron chi connectivity index (χ2n) is 6.97. The molecule has 0 radical (unpaired) electrons. The minimum absolute atomic E-state index is 0.263. The standard InChI is InChI=1S/C17H27NSi/c1-14(2)16(15-11-9-8-10-12-15)13-18-19(6,7)17(3,4)5/h8-12,14H,1-7H3. The summed E-state index contributed by atoms with van der Waals surface area (Å²) >= 11 is 0. The quantitative estimate of drug-likeness (QED) is 0.516. The summed E-state index contributed by atoms with van der Waals surface area (Å²) in [6.45, 7) is 15.9. The summed E-state index contributed by atoms with van der Waals surface area (Å²) < 4.78 is 4.88. The number of hydrogen-bond acceptors (Lipinski definition) is 1. The first-order chi connectivity index (χ1) is 8.65. The van der Waals surface area contributed by atoms with Crippen LogP contribution in [0.3, 0.4) is 0 Å². The molecule has 0 saturated carbocycles. The predicted molar refractivity (Wildman–Crippen MR) is 89.3 cm³/mol. The lowest BCUT2D eigenvalue weighted by molar-refractivity contribution is 0.719. The third-order valence-electron chi connectivity index (χ3n) is 3.95. The highest BCUT2D eigenvalue weighted by molar-refractivity contribution is 6.79. The zero-order valence-electron chi connectivity index (χ0n) is 13.4. The van der Waals surface area contributed by atoms with Crippen LogP contribution in [0.25, 0.3) is 5.57 Å². The van der Waals surface area contributed by atoms with E-state index in [0.29, 0.717) is 5.92 Å². The largest absolute Gasteiger partial charge is 0.283 e. The number of hydrogen-bond donors (Lipinski definition) is 0. The normalized spacial score (nSPS) is 12.2. The van der Waals surface area contributed by atoms with E-state index in [-0.39, 0.29) is 5.04 Å². The van der Waals surface area contributed by atoms with Gasteiger partial charge in [0.15, 0.2) is 8.24 Å². The second-order valence-corrected chi connectivity index (χ2v) is 11.8. The van der Waals surface area contributed by atoms with Crippen molar-refractivity contribution < 1.29 is 0 Å². The predicted octanol–water partition coefficient (Wildman–Crippen LogP) is 5.40. The zero-order valence-corrected chi connectivity index (χ0v) is 14.4. The van der Waals surface area contributed by atoms with Crippen LogP contribution in [-0.2, 0) is 0 Å². The number of benzene rings is 1. The lowest BCUT2D eigenvalue weighted by atomic mass is 9.97. The van der Waals surface area contributed by atoms with Crippen LogP contribution in [-0.4, -0.2) is 14.1 Å². The summed E-state index contributed by atoms with van der Waals surface area (Å²) in [5, 5.41) is 0.263. The van der Waals surface area contributed by atoms with E-state index < -0.39 is 8.24 Å². The molecule has 0 amide bonds. The van der Waals surface area contributed by atoms with Gasteiger partial charge < -0.3 is 0 Å². The molecule has 0 N–H and O–H groups in total. The Balaban J connectivity index is 3.25. The first-order valence-electron chi connectivity index (χ1n) is 7.05. The second kappa shape index (κ2) is 5.90. The molecule has 0 aliphatic heterocycles. The maximum absolute atomic E-state index is 4.88. The molecule has 0 unspecified atom stereocenters. The Labute approximate surface area is 119 Å². The van der Waals surface area contributed by atoms with E-state index in [4.69, 9.17) is 4.66 Å². The van der Waals surface area contributed by atoms with Gasteiger partial charge in [0, 0.05) is 5.57 Å². The summed E-state index contributed by atoms with van der Waals surface area (Å²) in [6, 6.07) is 10.5. The van der Waals surface area contributed by atoms with Crippen LogP contribution in [0.15, 0.2) is 35.0 Å². The van der Waals surface area contributed by atoms with Crippen LogP contribution in [0.5, 0.6) is 0 Å². The average molecular weight is 273 g/mol. The fourth-order valence-corrected chi connectivity index (χ4v) is 2.25. The maximum atomic E-state index is 4.88. The average Bonchev–Trinajstić information content (AvgIpc) is 2.28. The monoisotopic (exact) mass is 273 g/mol. The van der Waals surface area contributed by atoms with Gasteiger partial charge in [-0.3, -0.25) is 4.66 Å². The molecule has 0 spiro atoms. The van der Waals surface area contributed by atoms with Crippen LogP contribution in [0.2, 0.25) is 18.1 Å². The number of allylic oxidation sites excluding steroid dienone is 1. The Morgan fingerprint density at radius 2 is 1.63 bits per heavy atom. The van der Waals surface area contributed by atoms with Crippen molar-refractivity contribution in [2.24, 2.45) is 10.6 Å². The highest BCUT2D eigenvalue weighted by Gasteiger charge is 2.35. The van der Waals surface area contributed by atoms with E-state index in [0.717, 1.165) is 0 Å². The van der Waals surface area contributed by atoms with Crippen molar-refractivity contribution in [2.45, 2.75) is 52.8 Å². The van der Waals surface area contributed by atoms with E-state index in [2.05, 4.69) is 77.8 Å². The van der Waals surface area contributed by atoms with Crippen LogP contribution < -0.4 is 0 Å². The van der Waals surface area contributed by atoms with Crippen molar-refractivity contribution in [3.05, 3.63) is 35.9 Å². The number of rotatable bonds is 3. The molecule has 1 nitrogen and oxygen atoms in total. The molecule has 1 rings (SSSR count). The van der Waals surface area contributed by atoms with Gasteiger partial charge in [-0.25, -0.2) is 0 Å². The lowest BCUT2D eigenvalue weighted by Gasteiger charge is -2.31. The smallest absolute Gasteiger partial charge is 0.193 e.